The van der Waals surface area contributed by atoms with Crippen LogP contribution in [0.15, 0.2) is 41.3 Å². The van der Waals surface area contributed by atoms with Crippen molar-refractivity contribution >= 4 is 21.4 Å². The Balaban J connectivity index is 2.00. The van der Waals surface area contributed by atoms with E-state index in [-0.39, 0.29) is 16.3 Å². The molecule has 0 aromatic heterocycles. The zero-order valence-corrected chi connectivity index (χ0v) is 15.9. The second-order valence-corrected chi connectivity index (χ2v) is 7.53. The van der Waals surface area contributed by atoms with Crippen LogP contribution in [-0.2, 0) is 14.8 Å². The van der Waals surface area contributed by atoms with E-state index in [4.69, 9.17) is 14.2 Å². The van der Waals surface area contributed by atoms with Crippen LogP contribution in [0.4, 0.5) is 15.8 Å². The van der Waals surface area contributed by atoms with Gasteiger partial charge in [-0.1, -0.05) is 0 Å². The molecule has 1 N–H and O–H groups in total. The summed E-state index contributed by atoms with van der Waals surface area (Å²) in [6.07, 6.45) is 0. The summed E-state index contributed by atoms with van der Waals surface area (Å²) < 4.78 is 57.9. The van der Waals surface area contributed by atoms with E-state index in [0.717, 1.165) is 6.07 Å². The van der Waals surface area contributed by atoms with E-state index in [1.165, 1.54) is 32.4 Å². The summed E-state index contributed by atoms with van der Waals surface area (Å²) in [4.78, 5) is 1.85. The lowest BCUT2D eigenvalue weighted by atomic mass is 10.2. The van der Waals surface area contributed by atoms with Crippen molar-refractivity contribution in [2.24, 2.45) is 0 Å². The SMILES string of the molecule is COc1ccc(OC)c(S(=O)(=O)Nc2cc(F)ccc2N2CCOCC2)c1. The van der Waals surface area contributed by atoms with Crippen molar-refractivity contribution in [3.63, 3.8) is 0 Å². The maximum atomic E-state index is 13.8. The molecule has 1 heterocycles. The highest BCUT2D eigenvalue weighted by Gasteiger charge is 2.24. The Bertz CT molecular complexity index is 914. The van der Waals surface area contributed by atoms with Crippen LogP contribution in [0, 0.1) is 5.82 Å². The topological polar surface area (TPSA) is 77.1 Å². The Morgan fingerprint density at radius 3 is 2.48 bits per heavy atom. The Morgan fingerprint density at radius 1 is 1.07 bits per heavy atom. The zero-order chi connectivity index (χ0) is 19.4. The predicted molar refractivity (Wildman–Crippen MR) is 99.8 cm³/mol. The second kappa shape index (κ2) is 8.01. The molecule has 0 radical (unpaired) electrons. The Labute approximate surface area is 157 Å². The minimum absolute atomic E-state index is 0.0958. The van der Waals surface area contributed by atoms with E-state index in [1.807, 2.05) is 4.90 Å². The maximum Gasteiger partial charge on any atom is 0.265 e. The van der Waals surface area contributed by atoms with Crippen LogP contribution >= 0.6 is 0 Å². The standard InChI is InChI=1S/C18H21FN2O5S/c1-24-14-4-6-17(25-2)18(12-14)27(22,23)20-15-11-13(19)3-5-16(15)21-7-9-26-10-8-21/h3-6,11-12,20H,7-10H2,1-2H3. The van der Waals surface area contributed by atoms with E-state index in [0.29, 0.717) is 37.7 Å². The van der Waals surface area contributed by atoms with Crippen LogP contribution in [0.1, 0.15) is 0 Å². The Kier molecular flexibility index (Phi) is 5.71. The van der Waals surface area contributed by atoms with Crippen LogP contribution in [0.3, 0.4) is 0 Å². The van der Waals surface area contributed by atoms with Gasteiger partial charge in [-0.3, -0.25) is 4.72 Å². The zero-order valence-electron chi connectivity index (χ0n) is 15.1. The fraction of sp³-hybridized carbons (Fsp3) is 0.333. The smallest absolute Gasteiger partial charge is 0.265 e. The minimum atomic E-state index is -4.05. The Hall–Kier alpha value is -2.52. The van der Waals surface area contributed by atoms with Crippen molar-refractivity contribution in [3.05, 3.63) is 42.2 Å². The van der Waals surface area contributed by atoms with E-state index in [9.17, 15) is 12.8 Å². The Morgan fingerprint density at radius 2 is 1.81 bits per heavy atom. The number of methoxy groups -OCH3 is 2. The summed E-state index contributed by atoms with van der Waals surface area (Å²) in [6.45, 7) is 2.21. The van der Waals surface area contributed by atoms with Crippen molar-refractivity contribution < 1.29 is 27.0 Å². The average Bonchev–Trinajstić information content (AvgIpc) is 2.68. The molecule has 7 nitrogen and oxygen atoms in total. The molecule has 9 heteroatoms. The molecule has 0 spiro atoms. The molecule has 0 atom stereocenters. The largest absolute Gasteiger partial charge is 0.497 e. The maximum absolute atomic E-state index is 13.8. The number of sulfonamides is 1. The molecule has 1 aliphatic rings. The molecule has 0 unspecified atom stereocenters. The van der Waals surface area contributed by atoms with Gasteiger partial charge in [0.2, 0.25) is 0 Å². The fourth-order valence-corrected chi connectivity index (χ4v) is 4.11. The lowest BCUT2D eigenvalue weighted by Gasteiger charge is -2.30. The molecule has 1 fully saturated rings. The van der Waals surface area contributed by atoms with Gasteiger partial charge in [0, 0.05) is 25.2 Å². The van der Waals surface area contributed by atoms with Crippen LogP contribution in [0.25, 0.3) is 0 Å². The predicted octanol–water partition coefficient (Wildman–Crippen LogP) is 2.48. The lowest BCUT2D eigenvalue weighted by Crippen LogP contribution is -2.36. The summed E-state index contributed by atoms with van der Waals surface area (Å²) in [5.41, 5.74) is 0.743. The molecule has 27 heavy (non-hydrogen) atoms. The first kappa shape index (κ1) is 19.2. The highest BCUT2D eigenvalue weighted by molar-refractivity contribution is 7.92. The third kappa shape index (κ3) is 4.25. The van der Waals surface area contributed by atoms with Gasteiger partial charge in [-0.05, 0) is 24.3 Å². The first-order chi connectivity index (χ1) is 12.9. The molecule has 1 aliphatic heterocycles. The first-order valence-corrected chi connectivity index (χ1v) is 9.80. The monoisotopic (exact) mass is 396 g/mol. The molecular weight excluding hydrogens is 375 g/mol. The molecule has 0 aliphatic carbocycles. The number of morpholine rings is 1. The molecule has 0 saturated carbocycles. The molecule has 0 bridgehead atoms. The molecule has 2 aromatic rings. The third-order valence-corrected chi connectivity index (χ3v) is 5.60. The van der Waals surface area contributed by atoms with Gasteiger partial charge >= 0.3 is 0 Å². The number of hydrogen-bond donors (Lipinski definition) is 1. The molecular formula is C18H21FN2O5S. The highest BCUT2D eigenvalue weighted by atomic mass is 32.2. The summed E-state index contributed by atoms with van der Waals surface area (Å²) in [7, 11) is -1.23. The number of ether oxygens (including phenoxy) is 3. The lowest BCUT2D eigenvalue weighted by molar-refractivity contribution is 0.123. The van der Waals surface area contributed by atoms with Gasteiger partial charge in [0.1, 0.15) is 22.2 Å². The number of nitrogens with zero attached hydrogens (tertiary/aromatic N) is 1. The van der Waals surface area contributed by atoms with Crippen molar-refractivity contribution in [1.82, 2.24) is 0 Å². The van der Waals surface area contributed by atoms with Crippen LogP contribution in [-0.4, -0.2) is 48.9 Å². The second-order valence-electron chi connectivity index (χ2n) is 5.88. The summed E-state index contributed by atoms with van der Waals surface area (Å²) >= 11 is 0. The first-order valence-electron chi connectivity index (χ1n) is 8.31. The average molecular weight is 396 g/mol. The summed E-state index contributed by atoms with van der Waals surface area (Å²) in [6, 6.07) is 8.47. The van der Waals surface area contributed by atoms with Gasteiger partial charge < -0.3 is 19.1 Å². The molecule has 146 valence electrons. The fourth-order valence-electron chi connectivity index (χ4n) is 2.86. The number of rotatable bonds is 6. The summed E-state index contributed by atoms with van der Waals surface area (Å²) in [5, 5.41) is 0. The third-order valence-electron chi connectivity index (χ3n) is 4.22. The quantitative estimate of drug-likeness (QED) is 0.808. The minimum Gasteiger partial charge on any atom is -0.497 e. The molecule has 3 rings (SSSR count). The van der Waals surface area contributed by atoms with Gasteiger partial charge in [0.15, 0.2) is 0 Å². The number of nitrogens with one attached hydrogen (secondary N) is 1. The number of anilines is 2. The van der Waals surface area contributed by atoms with Gasteiger partial charge in [-0.15, -0.1) is 0 Å². The van der Waals surface area contributed by atoms with Crippen molar-refractivity contribution in [3.8, 4) is 11.5 Å². The van der Waals surface area contributed by atoms with E-state index < -0.39 is 15.8 Å². The van der Waals surface area contributed by atoms with Crippen LogP contribution in [0.2, 0.25) is 0 Å². The number of hydrogen-bond acceptors (Lipinski definition) is 6. The molecule has 0 amide bonds. The highest BCUT2D eigenvalue weighted by Crippen LogP contribution is 2.33. The molecule has 2 aromatic carbocycles. The van der Waals surface area contributed by atoms with E-state index in [1.54, 1.807) is 12.1 Å². The van der Waals surface area contributed by atoms with Crippen molar-refractivity contribution in [2.75, 3.05) is 50.1 Å². The van der Waals surface area contributed by atoms with Gasteiger partial charge in [-0.2, -0.15) is 0 Å². The van der Waals surface area contributed by atoms with Gasteiger partial charge in [0.25, 0.3) is 10.0 Å². The van der Waals surface area contributed by atoms with E-state index >= 15 is 0 Å². The number of benzene rings is 2. The molecule has 1 saturated heterocycles. The number of halogens is 1. The van der Waals surface area contributed by atoms with Crippen LogP contribution < -0.4 is 19.1 Å². The van der Waals surface area contributed by atoms with E-state index in [2.05, 4.69) is 4.72 Å². The van der Waals surface area contributed by atoms with Gasteiger partial charge in [-0.25, -0.2) is 12.8 Å². The van der Waals surface area contributed by atoms with Crippen molar-refractivity contribution in [2.45, 2.75) is 4.90 Å². The summed E-state index contributed by atoms with van der Waals surface area (Å²) in [5.74, 6) is -0.0150. The van der Waals surface area contributed by atoms with Crippen molar-refractivity contribution in [1.29, 1.82) is 0 Å². The van der Waals surface area contributed by atoms with Crippen LogP contribution in [0.5, 0.6) is 11.5 Å². The normalized spacial score (nSPS) is 14.7. The van der Waals surface area contributed by atoms with Gasteiger partial charge in [0.05, 0.1) is 38.8 Å².